The predicted octanol–water partition coefficient (Wildman–Crippen LogP) is 1.31. The summed E-state index contributed by atoms with van der Waals surface area (Å²) in [6, 6.07) is 3.01. The third-order valence-electron chi connectivity index (χ3n) is 5.23. The Morgan fingerprint density at radius 2 is 2.03 bits per heavy atom. The number of nitrogens with one attached hydrogen (secondary N) is 4. The second kappa shape index (κ2) is 12.5. The second-order valence-electron chi connectivity index (χ2n) is 7.98. The number of guanidine groups is 1. The first-order valence-electron chi connectivity index (χ1n) is 11.3. The highest BCUT2D eigenvalue weighted by Gasteiger charge is 2.24. The molecule has 2 amide bonds. The fraction of sp³-hybridized carbons (Fsp3) is 0.348. The van der Waals surface area contributed by atoms with E-state index in [1.807, 2.05) is 0 Å². The molecule has 2 heterocycles. The van der Waals surface area contributed by atoms with Gasteiger partial charge in [0.05, 0.1) is 42.7 Å². The summed E-state index contributed by atoms with van der Waals surface area (Å²) in [7, 11) is 1.49. The smallest absolute Gasteiger partial charge is 0.308 e. The molecular weight excluding hydrogens is 527 g/mol. The first-order valence-corrected chi connectivity index (χ1v) is 12.0. The SMILES string of the molecule is CCOC(=O)CC(NC(=O)CNC(=O)c1cc(NC2=NCCN2)c(=O)n(C)c1)c1cc(Cl)cc(Cl)c1O. The van der Waals surface area contributed by atoms with E-state index in [2.05, 4.69) is 26.3 Å². The molecule has 0 bridgehead atoms. The Morgan fingerprint density at radius 3 is 2.70 bits per heavy atom. The van der Waals surface area contributed by atoms with Crippen molar-refractivity contribution in [2.75, 3.05) is 31.6 Å². The number of halogens is 2. The Labute approximate surface area is 222 Å². The molecule has 0 saturated carbocycles. The maximum Gasteiger partial charge on any atom is 0.308 e. The van der Waals surface area contributed by atoms with Crippen LogP contribution in [0.3, 0.4) is 0 Å². The van der Waals surface area contributed by atoms with Gasteiger partial charge in [-0.1, -0.05) is 23.2 Å². The number of nitrogens with zero attached hydrogens (tertiary/aromatic N) is 2. The van der Waals surface area contributed by atoms with Crippen molar-refractivity contribution in [3.63, 3.8) is 0 Å². The lowest BCUT2D eigenvalue weighted by atomic mass is 10.0. The molecule has 1 aliphatic rings. The van der Waals surface area contributed by atoms with Crippen LogP contribution < -0.4 is 26.8 Å². The molecular formula is C23H26Cl2N6O6. The zero-order valence-electron chi connectivity index (χ0n) is 20.1. The standard InChI is InChI=1S/C23H26Cl2N6O6/c1-3-37-19(33)9-16(14-7-13(24)8-15(25)20(14)34)29-18(32)10-28-21(35)12-6-17(22(36)31(2)11-12)30-23-26-4-5-27-23/h6-8,11,16,34H,3-5,9-10H2,1-2H3,(H,28,35)(H,29,32)(H2,26,27,30). The molecule has 0 fully saturated rings. The molecule has 1 unspecified atom stereocenters. The van der Waals surface area contributed by atoms with Gasteiger partial charge in [0.1, 0.15) is 11.4 Å². The van der Waals surface area contributed by atoms with E-state index in [4.69, 9.17) is 27.9 Å². The average molecular weight is 553 g/mol. The van der Waals surface area contributed by atoms with Crippen LogP contribution in [0.5, 0.6) is 5.75 Å². The van der Waals surface area contributed by atoms with Crippen molar-refractivity contribution in [2.24, 2.45) is 12.0 Å². The van der Waals surface area contributed by atoms with Crippen LogP contribution >= 0.6 is 23.2 Å². The monoisotopic (exact) mass is 552 g/mol. The number of rotatable bonds is 9. The molecule has 0 spiro atoms. The number of anilines is 1. The number of aryl methyl sites for hydroxylation is 1. The summed E-state index contributed by atoms with van der Waals surface area (Å²) in [6.07, 6.45) is 1.02. The minimum atomic E-state index is -1.03. The van der Waals surface area contributed by atoms with Crippen LogP contribution in [0.4, 0.5) is 5.69 Å². The van der Waals surface area contributed by atoms with Gasteiger partial charge in [0.15, 0.2) is 5.96 Å². The molecule has 14 heteroatoms. The number of aromatic hydroxyl groups is 1. The molecule has 12 nitrogen and oxygen atoms in total. The highest BCUT2D eigenvalue weighted by Crippen LogP contribution is 2.36. The zero-order valence-corrected chi connectivity index (χ0v) is 21.6. The number of phenols is 1. The number of hydrogen-bond acceptors (Lipinski definition) is 9. The molecule has 1 aromatic carbocycles. The number of amides is 2. The van der Waals surface area contributed by atoms with E-state index < -0.39 is 30.4 Å². The number of carbonyl (C=O) groups is 3. The number of esters is 1. The van der Waals surface area contributed by atoms with Crippen molar-refractivity contribution in [1.29, 1.82) is 0 Å². The lowest BCUT2D eigenvalue weighted by Gasteiger charge is -2.20. The number of aromatic nitrogens is 1. The van der Waals surface area contributed by atoms with Gasteiger partial charge in [0.2, 0.25) is 5.91 Å². The maximum atomic E-state index is 12.7. The van der Waals surface area contributed by atoms with Crippen LogP contribution in [0.1, 0.15) is 35.3 Å². The summed E-state index contributed by atoms with van der Waals surface area (Å²) in [5, 5.41) is 21.4. The summed E-state index contributed by atoms with van der Waals surface area (Å²) < 4.78 is 6.19. The first-order chi connectivity index (χ1) is 17.6. The fourth-order valence-corrected chi connectivity index (χ4v) is 4.03. The third-order valence-corrected chi connectivity index (χ3v) is 5.73. The molecule has 0 aliphatic carbocycles. The number of ether oxygens (including phenoxy) is 1. The van der Waals surface area contributed by atoms with E-state index in [9.17, 15) is 24.3 Å². The Bertz CT molecular complexity index is 1300. The molecule has 37 heavy (non-hydrogen) atoms. The maximum absolute atomic E-state index is 12.7. The highest BCUT2D eigenvalue weighted by molar-refractivity contribution is 6.35. The van der Waals surface area contributed by atoms with Crippen molar-refractivity contribution in [3.05, 3.63) is 55.9 Å². The van der Waals surface area contributed by atoms with Gasteiger partial charge >= 0.3 is 5.97 Å². The molecule has 0 saturated heterocycles. The minimum absolute atomic E-state index is 0.0585. The van der Waals surface area contributed by atoms with Gasteiger partial charge in [-0.15, -0.1) is 0 Å². The van der Waals surface area contributed by atoms with Crippen LogP contribution in [0, 0.1) is 0 Å². The molecule has 1 atom stereocenters. The van der Waals surface area contributed by atoms with Crippen molar-refractivity contribution >= 4 is 52.6 Å². The van der Waals surface area contributed by atoms with Crippen LogP contribution in [0.25, 0.3) is 0 Å². The minimum Gasteiger partial charge on any atom is -0.506 e. The van der Waals surface area contributed by atoms with Gasteiger partial charge in [-0.3, -0.25) is 24.2 Å². The van der Waals surface area contributed by atoms with E-state index in [1.54, 1.807) is 6.92 Å². The summed E-state index contributed by atoms with van der Waals surface area (Å²) in [6.45, 7) is 2.49. The second-order valence-corrected chi connectivity index (χ2v) is 8.82. The lowest BCUT2D eigenvalue weighted by Crippen LogP contribution is -2.40. The van der Waals surface area contributed by atoms with Crippen molar-refractivity contribution in [2.45, 2.75) is 19.4 Å². The van der Waals surface area contributed by atoms with Crippen LogP contribution in [0.2, 0.25) is 10.0 Å². The zero-order chi connectivity index (χ0) is 27.1. The summed E-state index contributed by atoms with van der Waals surface area (Å²) in [4.78, 5) is 54.1. The fourth-order valence-electron chi connectivity index (χ4n) is 3.52. The number of benzene rings is 1. The summed E-state index contributed by atoms with van der Waals surface area (Å²) in [5.74, 6) is -1.84. The molecule has 0 radical (unpaired) electrons. The highest BCUT2D eigenvalue weighted by atomic mass is 35.5. The van der Waals surface area contributed by atoms with E-state index in [0.717, 1.165) is 0 Å². The number of phenolic OH excluding ortho intramolecular Hbond substituents is 1. The van der Waals surface area contributed by atoms with E-state index >= 15 is 0 Å². The van der Waals surface area contributed by atoms with Crippen molar-refractivity contribution < 1.29 is 24.2 Å². The van der Waals surface area contributed by atoms with Crippen LogP contribution in [-0.2, 0) is 21.4 Å². The number of pyridine rings is 1. The number of carbonyl (C=O) groups excluding carboxylic acids is 3. The van der Waals surface area contributed by atoms with Crippen molar-refractivity contribution in [3.8, 4) is 5.75 Å². The van der Waals surface area contributed by atoms with Gasteiger partial charge in [-0.2, -0.15) is 0 Å². The molecule has 1 aliphatic heterocycles. The molecule has 2 aromatic rings. The molecule has 198 valence electrons. The Balaban J connectivity index is 1.71. The van der Waals surface area contributed by atoms with E-state index in [0.29, 0.717) is 19.0 Å². The van der Waals surface area contributed by atoms with E-state index in [1.165, 1.54) is 36.0 Å². The summed E-state index contributed by atoms with van der Waals surface area (Å²) >= 11 is 12.0. The van der Waals surface area contributed by atoms with Gasteiger partial charge in [0.25, 0.3) is 11.5 Å². The largest absolute Gasteiger partial charge is 0.506 e. The van der Waals surface area contributed by atoms with Crippen LogP contribution in [0.15, 0.2) is 34.2 Å². The number of hydrogen-bond donors (Lipinski definition) is 5. The molecule has 3 rings (SSSR count). The van der Waals surface area contributed by atoms with E-state index in [-0.39, 0.29) is 51.2 Å². The molecule has 1 aromatic heterocycles. The lowest BCUT2D eigenvalue weighted by molar-refractivity contribution is -0.143. The average Bonchev–Trinajstić information content (AvgIpc) is 3.35. The first kappa shape index (κ1) is 27.8. The van der Waals surface area contributed by atoms with Gasteiger partial charge < -0.3 is 35.7 Å². The Kier molecular flexibility index (Phi) is 9.36. The third kappa shape index (κ3) is 7.37. The normalized spacial score (nSPS) is 13.2. The Hall–Kier alpha value is -3.77. The quantitative estimate of drug-likeness (QED) is 0.290. The van der Waals surface area contributed by atoms with Crippen LogP contribution in [-0.4, -0.2) is 59.7 Å². The summed E-state index contributed by atoms with van der Waals surface area (Å²) in [5.41, 5.74) is 0.00355. The topological polar surface area (TPSA) is 163 Å². The predicted molar refractivity (Wildman–Crippen MR) is 138 cm³/mol. The Morgan fingerprint density at radius 1 is 1.27 bits per heavy atom. The molecule has 5 N–H and O–H groups in total. The number of aliphatic imine (C=N–C) groups is 1. The van der Waals surface area contributed by atoms with Gasteiger partial charge in [-0.25, -0.2) is 0 Å². The van der Waals surface area contributed by atoms with Gasteiger partial charge in [-0.05, 0) is 25.1 Å². The van der Waals surface area contributed by atoms with Gasteiger partial charge in [0, 0.05) is 30.4 Å². The van der Waals surface area contributed by atoms with Crippen molar-refractivity contribution in [1.82, 2.24) is 20.5 Å².